The van der Waals surface area contributed by atoms with Gasteiger partial charge in [-0.15, -0.1) is 0 Å². The summed E-state index contributed by atoms with van der Waals surface area (Å²) in [6.45, 7) is 1.09. The summed E-state index contributed by atoms with van der Waals surface area (Å²) in [7, 11) is 1.58. The van der Waals surface area contributed by atoms with E-state index in [1.54, 1.807) is 7.11 Å². The highest BCUT2D eigenvalue weighted by Gasteiger charge is 2.12. The minimum Gasteiger partial charge on any atom is -0.478 e. The lowest BCUT2D eigenvalue weighted by molar-refractivity contribution is 0.0697. The summed E-state index contributed by atoms with van der Waals surface area (Å²) in [5, 5.41) is 11.6. The molecular weight excluding hydrogens is 215 g/mol. The van der Waals surface area contributed by atoms with Gasteiger partial charge in [-0.3, -0.25) is 0 Å². The zero-order chi connectivity index (χ0) is 12.0. The van der Waals surface area contributed by atoms with E-state index < -0.39 is 11.8 Å². The van der Waals surface area contributed by atoms with Gasteiger partial charge in [0.15, 0.2) is 0 Å². The maximum atomic E-state index is 12.8. The molecule has 1 rings (SSSR count). The summed E-state index contributed by atoms with van der Waals surface area (Å²) < 4.78 is 17.6. The molecule has 16 heavy (non-hydrogen) atoms. The van der Waals surface area contributed by atoms with Crippen LogP contribution in [0.25, 0.3) is 0 Å². The van der Waals surface area contributed by atoms with E-state index in [2.05, 4.69) is 10.3 Å². The van der Waals surface area contributed by atoms with Crippen molar-refractivity contribution in [2.75, 3.05) is 25.6 Å². The van der Waals surface area contributed by atoms with Crippen LogP contribution in [-0.4, -0.2) is 36.3 Å². The second-order valence-electron chi connectivity index (χ2n) is 3.13. The number of ether oxygens (including phenoxy) is 1. The van der Waals surface area contributed by atoms with Crippen molar-refractivity contribution in [1.82, 2.24) is 4.98 Å². The number of aromatic carboxylic acids is 1. The molecule has 0 spiro atoms. The highest BCUT2D eigenvalue weighted by molar-refractivity contribution is 5.93. The molecule has 1 aromatic heterocycles. The molecule has 88 valence electrons. The zero-order valence-corrected chi connectivity index (χ0v) is 8.86. The van der Waals surface area contributed by atoms with E-state index in [9.17, 15) is 9.18 Å². The number of carboxylic acids is 1. The van der Waals surface area contributed by atoms with Crippen molar-refractivity contribution < 1.29 is 19.0 Å². The van der Waals surface area contributed by atoms with Crippen LogP contribution in [0.15, 0.2) is 12.3 Å². The minimum absolute atomic E-state index is 0.169. The van der Waals surface area contributed by atoms with Gasteiger partial charge in [0.2, 0.25) is 0 Å². The van der Waals surface area contributed by atoms with Crippen molar-refractivity contribution in [2.45, 2.75) is 6.42 Å². The molecule has 0 unspecified atom stereocenters. The second kappa shape index (κ2) is 6.02. The third-order valence-electron chi connectivity index (χ3n) is 1.90. The summed E-state index contributed by atoms with van der Waals surface area (Å²) in [6.07, 6.45) is 1.69. The fourth-order valence-corrected chi connectivity index (χ4v) is 1.17. The number of rotatable bonds is 6. The number of anilines is 1. The number of carboxylic acid groups (broad SMARTS) is 1. The molecule has 0 radical (unpaired) electrons. The van der Waals surface area contributed by atoms with Crippen molar-refractivity contribution in [2.24, 2.45) is 0 Å². The smallest absolute Gasteiger partial charge is 0.339 e. The predicted octanol–water partition coefficient (Wildman–Crippen LogP) is 1.37. The molecule has 6 heteroatoms. The van der Waals surface area contributed by atoms with Crippen LogP contribution in [0.2, 0.25) is 0 Å². The maximum Gasteiger partial charge on any atom is 0.339 e. The minimum atomic E-state index is -1.21. The van der Waals surface area contributed by atoms with Crippen LogP contribution in [-0.2, 0) is 4.74 Å². The third kappa shape index (κ3) is 3.47. The van der Waals surface area contributed by atoms with Crippen molar-refractivity contribution >= 4 is 11.8 Å². The van der Waals surface area contributed by atoms with E-state index in [1.807, 2.05) is 0 Å². The van der Waals surface area contributed by atoms with Crippen LogP contribution >= 0.6 is 0 Å². The fraction of sp³-hybridized carbons (Fsp3) is 0.400. The first kappa shape index (κ1) is 12.4. The van der Waals surface area contributed by atoms with Crippen molar-refractivity contribution in [3.05, 3.63) is 23.6 Å². The molecule has 0 aliphatic heterocycles. The number of nitrogens with zero attached hydrogens (tertiary/aromatic N) is 1. The molecule has 0 aliphatic rings. The maximum absolute atomic E-state index is 12.8. The number of nitrogens with one attached hydrogen (secondary N) is 1. The predicted molar refractivity (Wildman–Crippen MR) is 56.1 cm³/mol. The van der Waals surface area contributed by atoms with E-state index >= 15 is 0 Å². The topological polar surface area (TPSA) is 71.5 Å². The van der Waals surface area contributed by atoms with E-state index in [4.69, 9.17) is 9.84 Å². The third-order valence-corrected chi connectivity index (χ3v) is 1.90. The fourth-order valence-electron chi connectivity index (χ4n) is 1.17. The van der Waals surface area contributed by atoms with Crippen molar-refractivity contribution in [1.29, 1.82) is 0 Å². The number of aromatic nitrogens is 1. The van der Waals surface area contributed by atoms with Crippen LogP contribution in [0, 0.1) is 5.82 Å². The average molecular weight is 228 g/mol. The normalized spacial score (nSPS) is 10.1. The molecule has 0 atom stereocenters. The van der Waals surface area contributed by atoms with Crippen LogP contribution in [0.4, 0.5) is 10.2 Å². The van der Waals surface area contributed by atoms with Crippen LogP contribution < -0.4 is 5.32 Å². The number of carbonyl (C=O) groups is 1. The first-order valence-corrected chi connectivity index (χ1v) is 4.77. The standard InChI is InChI=1S/C10H13FN2O3/c1-16-4-2-3-12-9-8(10(14)15)5-7(11)6-13-9/h5-6H,2-4H2,1H3,(H,12,13)(H,14,15). The van der Waals surface area contributed by atoms with Crippen LogP contribution in [0.1, 0.15) is 16.8 Å². The molecule has 1 aromatic rings. The first-order valence-electron chi connectivity index (χ1n) is 4.77. The molecule has 2 N–H and O–H groups in total. The van der Waals surface area contributed by atoms with Gasteiger partial charge in [0.25, 0.3) is 0 Å². The van der Waals surface area contributed by atoms with E-state index in [0.717, 1.165) is 12.3 Å². The van der Waals surface area contributed by atoms with Gasteiger partial charge in [0.1, 0.15) is 17.2 Å². The summed E-state index contributed by atoms with van der Waals surface area (Å²) in [5.74, 6) is -1.70. The SMILES string of the molecule is COCCCNc1ncc(F)cc1C(=O)O. The zero-order valence-electron chi connectivity index (χ0n) is 8.86. The number of hydrogen-bond donors (Lipinski definition) is 2. The van der Waals surface area contributed by atoms with Gasteiger partial charge < -0.3 is 15.2 Å². The summed E-state index contributed by atoms with van der Waals surface area (Å²) in [6, 6.07) is 0.938. The Kier molecular flexibility index (Phi) is 4.65. The molecule has 0 bridgehead atoms. The molecule has 0 amide bonds. The van der Waals surface area contributed by atoms with Crippen molar-refractivity contribution in [3.8, 4) is 0 Å². The number of methoxy groups -OCH3 is 1. The van der Waals surface area contributed by atoms with Crippen LogP contribution in [0.5, 0.6) is 0 Å². The summed E-state index contributed by atoms with van der Waals surface area (Å²) in [4.78, 5) is 14.5. The van der Waals surface area contributed by atoms with Gasteiger partial charge >= 0.3 is 5.97 Å². The summed E-state index contributed by atoms with van der Waals surface area (Å²) >= 11 is 0. The largest absolute Gasteiger partial charge is 0.478 e. The van der Waals surface area contributed by atoms with E-state index in [0.29, 0.717) is 19.6 Å². The van der Waals surface area contributed by atoms with Crippen LogP contribution in [0.3, 0.4) is 0 Å². The molecular formula is C10H13FN2O3. The summed E-state index contributed by atoms with van der Waals surface area (Å²) in [5.41, 5.74) is -0.169. The molecule has 0 saturated heterocycles. The Labute approximate surface area is 92.3 Å². The lowest BCUT2D eigenvalue weighted by Gasteiger charge is -2.07. The Morgan fingerprint density at radius 2 is 2.44 bits per heavy atom. The molecule has 0 saturated carbocycles. The number of halogens is 1. The van der Waals surface area contributed by atoms with Gasteiger partial charge in [0.05, 0.1) is 6.20 Å². The highest BCUT2D eigenvalue weighted by atomic mass is 19.1. The Hall–Kier alpha value is -1.69. The van der Waals surface area contributed by atoms with E-state index in [1.165, 1.54) is 0 Å². The Morgan fingerprint density at radius 3 is 3.06 bits per heavy atom. The lowest BCUT2D eigenvalue weighted by atomic mass is 10.2. The Morgan fingerprint density at radius 1 is 1.69 bits per heavy atom. The molecule has 0 fully saturated rings. The average Bonchev–Trinajstić information content (AvgIpc) is 2.26. The van der Waals surface area contributed by atoms with Gasteiger partial charge in [-0.25, -0.2) is 14.2 Å². The Balaban J connectivity index is 2.67. The number of hydrogen-bond acceptors (Lipinski definition) is 4. The van der Waals surface area contributed by atoms with Crippen molar-refractivity contribution in [3.63, 3.8) is 0 Å². The molecule has 0 aliphatic carbocycles. The quantitative estimate of drug-likeness (QED) is 0.719. The Bertz CT molecular complexity index is 371. The first-order chi connectivity index (χ1) is 7.65. The monoisotopic (exact) mass is 228 g/mol. The van der Waals surface area contributed by atoms with E-state index in [-0.39, 0.29) is 11.4 Å². The number of pyridine rings is 1. The molecule has 0 aromatic carbocycles. The lowest BCUT2D eigenvalue weighted by Crippen LogP contribution is -2.11. The van der Waals surface area contributed by atoms with Gasteiger partial charge in [-0.2, -0.15) is 0 Å². The molecule has 1 heterocycles. The van der Waals surface area contributed by atoms with Gasteiger partial charge in [-0.05, 0) is 12.5 Å². The van der Waals surface area contributed by atoms with Gasteiger partial charge in [-0.1, -0.05) is 0 Å². The molecule has 5 nitrogen and oxygen atoms in total. The second-order valence-corrected chi connectivity index (χ2v) is 3.13. The highest BCUT2D eigenvalue weighted by Crippen LogP contribution is 2.13. The van der Waals surface area contributed by atoms with Gasteiger partial charge in [0, 0.05) is 20.3 Å².